The Balaban J connectivity index is 2.60. The van der Waals surface area contributed by atoms with Crippen LogP contribution in [0.3, 0.4) is 0 Å². The second-order valence-corrected chi connectivity index (χ2v) is 3.39. The minimum atomic E-state index is 0.797. The average molecular weight is 191 g/mol. The monoisotopic (exact) mass is 191 g/mol. The van der Waals surface area contributed by atoms with Crippen LogP contribution in [0.2, 0.25) is 0 Å². The number of aromatic nitrogens is 1. The first-order valence-corrected chi connectivity index (χ1v) is 4.75. The number of nitrogens with zero attached hydrogens (tertiary/aromatic N) is 2. The topological polar surface area (TPSA) is 43.3 Å². The van der Waals surface area contributed by atoms with Crippen molar-refractivity contribution in [2.24, 2.45) is 10.9 Å². The van der Waals surface area contributed by atoms with Crippen LogP contribution in [0.1, 0.15) is 0 Å². The van der Waals surface area contributed by atoms with E-state index in [9.17, 15) is 0 Å². The van der Waals surface area contributed by atoms with Gasteiger partial charge < -0.3 is 5.84 Å². The van der Waals surface area contributed by atoms with Crippen molar-refractivity contribution in [3.05, 3.63) is 46.7 Å². The van der Waals surface area contributed by atoms with Crippen molar-refractivity contribution in [2.45, 2.75) is 0 Å². The molecule has 0 spiro atoms. The fourth-order valence-electron chi connectivity index (χ4n) is 1.15. The summed E-state index contributed by atoms with van der Waals surface area (Å²) in [5.74, 6) is 5.25. The maximum atomic E-state index is 5.25. The molecule has 0 saturated carbocycles. The summed E-state index contributed by atoms with van der Waals surface area (Å²) >= 11 is 1.52. The first-order valence-electron chi connectivity index (χ1n) is 3.87. The molecule has 1 aromatic heterocycles. The first kappa shape index (κ1) is 8.07. The molecule has 0 saturated heterocycles. The van der Waals surface area contributed by atoms with Crippen molar-refractivity contribution in [3.8, 4) is 5.69 Å². The molecule has 1 aromatic carbocycles. The molecule has 13 heavy (non-hydrogen) atoms. The van der Waals surface area contributed by atoms with Crippen LogP contribution in [-0.2, 0) is 0 Å². The molecule has 2 aromatic rings. The zero-order valence-corrected chi connectivity index (χ0v) is 7.74. The lowest BCUT2D eigenvalue weighted by Crippen LogP contribution is -2.13. The van der Waals surface area contributed by atoms with Gasteiger partial charge in [-0.1, -0.05) is 18.2 Å². The number of para-hydroxylation sites is 1. The van der Waals surface area contributed by atoms with E-state index < -0.39 is 0 Å². The van der Waals surface area contributed by atoms with Gasteiger partial charge in [0.2, 0.25) is 4.80 Å². The molecule has 3 nitrogen and oxygen atoms in total. The van der Waals surface area contributed by atoms with Gasteiger partial charge in [0.15, 0.2) is 0 Å². The van der Waals surface area contributed by atoms with Gasteiger partial charge in [-0.15, -0.1) is 11.3 Å². The summed E-state index contributed by atoms with van der Waals surface area (Å²) in [5, 5.41) is 5.65. The van der Waals surface area contributed by atoms with Crippen LogP contribution < -0.4 is 10.6 Å². The normalized spacial score (nSPS) is 11.8. The van der Waals surface area contributed by atoms with E-state index in [-0.39, 0.29) is 0 Å². The number of rotatable bonds is 1. The molecule has 2 N–H and O–H groups in total. The van der Waals surface area contributed by atoms with Crippen LogP contribution in [-0.4, -0.2) is 4.57 Å². The SMILES string of the molecule is NN=c1sccn1-c1ccccc1. The molecule has 1 heterocycles. The summed E-state index contributed by atoms with van der Waals surface area (Å²) < 4.78 is 1.95. The van der Waals surface area contributed by atoms with Gasteiger partial charge >= 0.3 is 0 Å². The summed E-state index contributed by atoms with van der Waals surface area (Å²) in [4.78, 5) is 0.797. The molecule has 4 heteroatoms. The molecule has 0 aliphatic carbocycles. The Hall–Kier alpha value is -1.55. The minimum Gasteiger partial charge on any atom is -0.320 e. The van der Waals surface area contributed by atoms with E-state index in [1.165, 1.54) is 11.3 Å². The van der Waals surface area contributed by atoms with E-state index in [2.05, 4.69) is 5.10 Å². The van der Waals surface area contributed by atoms with Crippen LogP contribution >= 0.6 is 11.3 Å². The highest BCUT2D eigenvalue weighted by Crippen LogP contribution is 2.04. The summed E-state index contributed by atoms with van der Waals surface area (Å²) in [6, 6.07) is 9.99. The molecule has 0 aliphatic rings. The lowest BCUT2D eigenvalue weighted by molar-refractivity contribution is 0.964. The van der Waals surface area contributed by atoms with E-state index in [0.29, 0.717) is 0 Å². The standard InChI is InChI=1S/C9H9N3S/c10-11-9-12(6-7-13-9)8-4-2-1-3-5-8/h1-7H,10H2. The molecule has 0 fully saturated rings. The highest BCUT2D eigenvalue weighted by atomic mass is 32.1. The fraction of sp³-hybridized carbons (Fsp3) is 0. The number of thiazole rings is 1. The molecule has 0 atom stereocenters. The smallest absolute Gasteiger partial charge is 0.212 e. The van der Waals surface area contributed by atoms with E-state index in [1.54, 1.807) is 0 Å². The zero-order chi connectivity index (χ0) is 9.10. The van der Waals surface area contributed by atoms with Crippen molar-refractivity contribution in [2.75, 3.05) is 0 Å². The molecule has 0 radical (unpaired) electrons. The Morgan fingerprint density at radius 1 is 1.23 bits per heavy atom. The third-order valence-electron chi connectivity index (χ3n) is 1.73. The quantitative estimate of drug-likeness (QED) is 0.536. The van der Waals surface area contributed by atoms with Crippen molar-refractivity contribution in [3.63, 3.8) is 0 Å². The number of hydrogen-bond acceptors (Lipinski definition) is 3. The maximum absolute atomic E-state index is 5.25. The molecule has 66 valence electrons. The Morgan fingerprint density at radius 3 is 2.69 bits per heavy atom. The van der Waals surface area contributed by atoms with E-state index in [0.717, 1.165) is 10.5 Å². The van der Waals surface area contributed by atoms with Gasteiger partial charge in [0.1, 0.15) is 0 Å². The molecule has 0 bridgehead atoms. The first-order chi connectivity index (χ1) is 6.42. The van der Waals surface area contributed by atoms with Crippen LogP contribution in [0.15, 0.2) is 47.0 Å². The summed E-state index contributed by atoms with van der Waals surface area (Å²) in [6.45, 7) is 0. The average Bonchev–Trinajstić information content (AvgIpc) is 2.67. The van der Waals surface area contributed by atoms with E-state index in [1.807, 2.05) is 46.5 Å². The van der Waals surface area contributed by atoms with Crippen molar-refractivity contribution >= 4 is 11.3 Å². The summed E-state index contributed by atoms with van der Waals surface area (Å²) in [5.41, 5.74) is 1.08. The fourth-order valence-corrected chi connectivity index (χ4v) is 1.80. The molecule has 0 aliphatic heterocycles. The molecule has 2 rings (SSSR count). The van der Waals surface area contributed by atoms with Gasteiger partial charge in [-0.05, 0) is 12.1 Å². The van der Waals surface area contributed by atoms with E-state index >= 15 is 0 Å². The Bertz CT molecular complexity index is 441. The van der Waals surface area contributed by atoms with Crippen molar-refractivity contribution in [1.82, 2.24) is 4.57 Å². The van der Waals surface area contributed by atoms with Gasteiger partial charge in [0.25, 0.3) is 0 Å². The van der Waals surface area contributed by atoms with Crippen molar-refractivity contribution in [1.29, 1.82) is 0 Å². The van der Waals surface area contributed by atoms with Crippen molar-refractivity contribution < 1.29 is 0 Å². The van der Waals surface area contributed by atoms with Gasteiger partial charge in [0.05, 0.1) is 0 Å². The summed E-state index contributed by atoms with van der Waals surface area (Å²) in [7, 11) is 0. The number of hydrogen-bond donors (Lipinski definition) is 1. The van der Waals surface area contributed by atoms with E-state index in [4.69, 9.17) is 5.84 Å². The Kier molecular flexibility index (Phi) is 2.14. The molecule has 0 amide bonds. The highest BCUT2D eigenvalue weighted by molar-refractivity contribution is 7.07. The predicted molar refractivity (Wildman–Crippen MR) is 53.4 cm³/mol. The second-order valence-electron chi connectivity index (χ2n) is 2.52. The lowest BCUT2D eigenvalue weighted by atomic mass is 10.3. The van der Waals surface area contributed by atoms with Crippen LogP contribution in [0.5, 0.6) is 0 Å². The minimum absolute atomic E-state index is 0.797. The zero-order valence-electron chi connectivity index (χ0n) is 6.92. The predicted octanol–water partition coefficient (Wildman–Crippen LogP) is 1.31. The highest BCUT2D eigenvalue weighted by Gasteiger charge is 1.95. The number of benzene rings is 1. The third-order valence-corrected chi connectivity index (χ3v) is 2.50. The molecular formula is C9H9N3S. The lowest BCUT2D eigenvalue weighted by Gasteiger charge is -2.00. The second kappa shape index (κ2) is 3.45. The largest absolute Gasteiger partial charge is 0.320 e. The van der Waals surface area contributed by atoms with Crippen LogP contribution in [0.4, 0.5) is 0 Å². The van der Waals surface area contributed by atoms with Crippen LogP contribution in [0, 0.1) is 0 Å². The molecule has 0 unspecified atom stereocenters. The maximum Gasteiger partial charge on any atom is 0.212 e. The third kappa shape index (κ3) is 1.48. The molecular weight excluding hydrogens is 182 g/mol. The van der Waals surface area contributed by atoms with Gasteiger partial charge in [0, 0.05) is 17.3 Å². The van der Waals surface area contributed by atoms with Gasteiger partial charge in [-0.25, -0.2) is 0 Å². The Labute approximate surface area is 79.8 Å². The Morgan fingerprint density at radius 2 is 2.00 bits per heavy atom. The van der Waals surface area contributed by atoms with Gasteiger partial charge in [-0.3, -0.25) is 4.57 Å². The number of nitrogens with two attached hydrogens (primary N) is 1. The van der Waals surface area contributed by atoms with Crippen LogP contribution in [0.25, 0.3) is 5.69 Å². The summed E-state index contributed by atoms with van der Waals surface area (Å²) in [6.07, 6.45) is 1.95. The van der Waals surface area contributed by atoms with Gasteiger partial charge in [-0.2, -0.15) is 5.10 Å².